The molecule has 42 heavy (non-hydrogen) atoms. The molecule has 0 atom stereocenters. The van der Waals surface area contributed by atoms with Crippen LogP contribution in [-0.4, -0.2) is 54.8 Å². The summed E-state index contributed by atoms with van der Waals surface area (Å²) in [5, 5.41) is 0.442. The van der Waals surface area contributed by atoms with Crippen LogP contribution < -0.4 is 9.46 Å². The van der Waals surface area contributed by atoms with Crippen LogP contribution in [0.1, 0.15) is 34.5 Å². The number of likely N-dealkylation sites (tertiary alicyclic amines) is 1. The summed E-state index contributed by atoms with van der Waals surface area (Å²) in [6, 6.07) is 23.9. The van der Waals surface area contributed by atoms with Crippen LogP contribution in [0, 0.1) is 6.92 Å². The quantitative estimate of drug-likeness (QED) is 0.267. The number of para-hydroxylation sites is 1. The van der Waals surface area contributed by atoms with E-state index in [1.54, 1.807) is 23.6 Å². The number of aromatic nitrogens is 1. The molecule has 0 spiro atoms. The predicted octanol–water partition coefficient (Wildman–Crippen LogP) is 5.54. The topological polar surface area (TPSA) is 107 Å². The zero-order valence-electron chi connectivity index (χ0n) is 23.2. The second-order valence-corrected chi connectivity index (χ2v) is 12.5. The maximum Gasteiger partial charge on any atom is 0.410 e. The Morgan fingerprint density at radius 2 is 1.64 bits per heavy atom. The average molecular weight is 610 g/mol. The van der Waals surface area contributed by atoms with E-state index in [4.69, 9.17) is 21.1 Å². The molecule has 0 unspecified atom stereocenters. The van der Waals surface area contributed by atoms with Gasteiger partial charge in [-0.2, -0.15) is 0 Å². The zero-order valence-corrected chi connectivity index (χ0v) is 24.7. The SMILES string of the molecule is Cc1c(C(=O)NS(=O)(=O)C2CCN(C(=O)OCc3ccccc3)CC2)n(CCOc2ccccc2)c2ccc(Cl)cc12. The van der Waals surface area contributed by atoms with Crippen LogP contribution in [0.2, 0.25) is 5.02 Å². The lowest BCUT2D eigenvalue weighted by Crippen LogP contribution is -2.47. The van der Waals surface area contributed by atoms with Gasteiger partial charge in [0.15, 0.2) is 0 Å². The number of rotatable bonds is 9. The molecule has 2 heterocycles. The van der Waals surface area contributed by atoms with Gasteiger partial charge in [0.05, 0.1) is 11.8 Å². The van der Waals surface area contributed by atoms with Gasteiger partial charge in [-0.1, -0.05) is 60.1 Å². The van der Waals surface area contributed by atoms with Crippen molar-refractivity contribution in [3.63, 3.8) is 0 Å². The first-order valence-corrected chi connectivity index (χ1v) is 15.6. The summed E-state index contributed by atoms with van der Waals surface area (Å²) in [4.78, 5) is 27.6. The van der Waals surface area contributed by atoms with E-state index >= 15 is 0 Å². The molecule has 5 rings (SSSR count). The number of carbonyl (C=O) groups excluding carboxylic acids is 2. The minimum atomic E-state index is -4.03. The lowest BCUT2D eigenvalue weighted by Gasteiger charge is -2.31. The van der Waals surface area contributed by atoms with Gasteiger partial charge in [0.25, 0.3) is 5.91 Å². The number of nitrogens with zero attached hydrogens (tertiary/aromatic N) is 2. The van der Waals surface area contributed by atoms with Crippen LogP contribution in [0.3, 0.4) is 0 Å². The molecule has 0 saturated carbocycles. The first kappa shape index (κ1) is 29.5. The normalized spacial score (nSPS) is 14.1. The van der Waals surface area contributed by atoms with Crippen molar-refractivity contribution in [1.82, 2.24) is 14.2 Å². The number of piperidine rings is 1. The predicted molar refractivity (Wildman–Crippen MR) is 161 cm³/mol. The van der Waals surface area contributed by atoms with Gasteiger partial charge in [0, 0.05) is 29.0 Å². The van der Waals surface area contributed by atoms with Crippen LogP contribution >= 0.6 is 11.6 Å². The number of fused-ring (bicyclic) bond motifs is 1. The Hall–Kier alpha value is -4.02. The molecule has 1 aliphatic heterocycles. The molecule has 4 aromatic rings. The van der Waals surface area contributed by atoms with Crippen LogP contribution in [0.15, 0.2) is 78.9 Å². The first-order chi connectivity index (χ1) is 20.2. The Balaban J connectivity index is 1.25. The molecule has 1 saturated heterocycles. The molecule has 3 aromatic carbocycles. The molecule has 220 valence electrons. The van der Waals surface area contributed by atoms with Crippen molar-refractivity contribution in [3.05, 3.63) is 101 Å². The molecular formula is C31H32ClN3O6S. The summed E-state index contributed by atoms with van der Waals surface area (Å²) in [5.74, 6) is -0.0261. The van der Waals surface area contributed by atoms with E-state index in [0.29, 0.717) is 22.9 Å². The average Bonchev–Trinajstić information content (AvgIpc) is 3.27. The number of ether oxygens (including phenoxy) is 2. The Morgan fingerprint density at radius 3 is 2.33 bits per heavy atom. The molecule has 9 nitrogen and oxygen atoms in total. The Kier molecular flexibility index (Phi) is 9.03. The number of carbonyl (C=O) groups is 2. The molecular weight excluding hydrogens is 578 g/mol. The van der Waals surface area contributed by atoms with E-state index in [2.05, 4.69) is 4.72 Å². The number of amides is 2. The third kappa shape index (κ3) is 6.71. The van der Waals surface area contributed by atoms with E-state index in [1.165, 1.54) is 4.90 Å². The maximum atomic E-state index is 13.6. The highest BCUT2D eigenvalue weighted by molar-refractivity contribution is 7.90. The maximum absolute atomic E-state index is 13.6. The van der Waals surface area contributed by atoms with Gasteiger partial charge in [0.1, 0.15) is 24.7 Å². The van der Waals surface area contributed by atoms with Crippen molar-refractivity contribution in [2.75, 3.05) is 19.7 Å². The Labute approximate surface area is 250 Å². The lowest BCUT2D eigenvalue weighted by molar-refractivity contribution is 0.0892. The van der Waals surface area contributed by atoms with Gasteiger partial charge in [-0.05, 0) is 61.2 Å². The first-order valence-electron chi connectivity index (χ1n) is 13.7. The van der Waals surface area contributed by atoms with Gasteiger partial charge < -0.3 is 18.9 Å². The van der Waals surface area contributed by atoms with Crippen molar-refractivity contribution in [2.45, 2.75) is 38.2 Å². The minimum Gasteiger partial charge on any atom is -0.492 e. The summed E-state index contributed by atoms with van der Waals surface area (Å²) in [6.45, 7) is 2.91. The van der Waals surface area contributed by atoms with Crippen LogP contribution in [0.25, 0.3) is 10.9 Å². The van der Waals surface area contributed by atoms with Gasteiger partial charge in [-0.3, -0.25) is 4.79 Å². The van der Waals surface area contributed by atoms with Crippen molar-refractivity contribution < 1.29 is 27.5 Å². The molecule has 1 aliphatic rings. The van der Waals surface area contributed by atoms with Crippen molar-refractivity contribution in [1.29, 1.82) is 0 Å². The molecule has 0 bridgehead atoms. The molecule has 2 amide bonds. The van der Waals surface area contributed by atoms with Gasteiger partial charge in [-0.25, -0.2) is 17.9 Å². The standard InChI is InChI=1S/C31H32ClN3O6S/c1-22-27-20-24(32)12-13-28(27)35(18-19-40-25-10-6-3-7-11-25)29(22)30(36)33-42(38,39)26-14-16-34(17-15-26)31(37)41-21-23-8-4-2-5-9-23/h2-13,20,26H,14-19,21H2,1H3,(H,33,36). The third-order valence-electron chi connectivity index (χ3n) is 7.40. The molecule has 1 N–H and O–H groups in total. The van der Waals surface area contributed by atoms with Crippen LogP contribution in [0.4, 0.5) is 4.79 Å². The van der Waals surface area contributed by atoms with E-state index in [9.17, 15) is 18.0 Å². The molecule has 0 aliphatic carbocycles. The van der Waals surface area contributed by atoms with Crippen LogP contribution in [0.5, 0.6) is 5.75 Å². The molecule has 1 aromatic heterocycles. The summed E-state index contributed by atoms with van der Waals surface area (Å²) in [5.41, 5.74) is 2.47. The van der Waals surface area contributed by atoms with Gasteiger partial charge in [-0.15, -0.1) is 0 Å². The smallest absolute Gasteiger partial charge is 0.410 e. The molecule has 0 radical (unpaired) electrons. The second-order valence-electron chi connectivity index (χ2n) is 10.2. The van der Waals surface area contributed by atoms with Crippen molar-refractivity contribution in [3.8, 4) is 5.75 Å². The number of nitrogens with one attached hydrogen (secondary N) is 1. The van der Waals surface area contributed by atoms with E-state index in [1.807, 2.05) is 66.7 Å². The number of aryl methyl sites for hydroxylation is 1. The largest absolute Gasteiger partial charge is 0.492 e. The number of sulfonamides is 1. The number of halogens is 1. The fraction of sp³-hybridized carbons (Fsp3) is 0.290. The second kappa shape index (κ2) is 12.9. The molecule has 1 fully saturated rings. The number of hydrogen-bond donors (Lipinski definition) is 1. The van der Waals surface area contributed by atoms with E-state index < -0.39 is 27.3 Å². The third-order valence-corrected chi connectivity index (χ3v) is 9.45. The summed E-state index contributed by atoms with van der Waals surface area (Å²) in [6.07, 6.45) is -0.118. The van der Waals surface area contributed by atoms with Crippen molar-refractivity contribution in [2.24, 2.45) is 0 Å². The minimum absolute atomic E-state index is 0.142. The number of hydrogen-bond acceptors (Lipinski definition) is 6. The zero-order chi connectivity index (χ0) is 29.7. The summed E-state index contributed by atoms with van der Waals surface area (Å²) < 4.78 is 42.0. The molecule has 11 heteroatoms. The Morgan fingerprint density at radius 1 is 0.976 bits per heavy atom. The lowest BCUT2D eigenvalue weighted by atomic mass is 10.1. The van der Waals surface area contributed by atoms with Crippen LogP contribution in [-0.2, 0) is 27.9 Å². The summed E-state index contributed by atoms with van der Waals surface area (Å²) >= 11 is 6.24. The fourth-order valence-corrected chi connectivity index (χ4v) is 6.74. The van der Waals surface area contributed by atoms with E-state index in [-0.39, 0.29) is 44.8 Å². The highest BCUT2D eigenvalue weighted by Crippen LogP contribution is 2.29. The monoisotopic (exact) mass is 609 g/mol. The summed E-state index contributed by atoms with van der Waals surface area (Å²) in [7, 11) is -4.03. The van der Waals surface area contributed by atoms with Gasteiger partial charge >= 0.3 is 6.09 Å². The van der Waals surface area contributed by atoms with Crippen molar-refractivity contribution >= 4 is 44.5 Å². The highest BCUT2D eigenvalue weighted by atomic mass is 35.5. The Bertz CT molecular complexity index is 1670. The van der Waals surface area contributed by atoms with Gasteiger partial charge in [0.2, 0.25) is 10.0 Å². The number of benzene rings is 3. The highest BCUT2D eigenvalue weighted by Gasteiger charge is 2.34. The fourth-order valence-electron chi connectivity index (χ4n) is 5.21. The van der Waals surface area contributed by atoms with E-state index in [0.717, 1.165) is 16.5 Å².